The lowest BCUT2D eigenvalue weighted by molar-refractivity contribution is -0.146. The van der Waals surface area contributed by atoms with Crippen LogP contribution in [0.3, 0.4) is 0 Å². The van der Waals surface area contributed by atoms with Crippen molar-refractivity contribution in [3.05, 3.63) is 0 Å². The fourth-order valence-electron chi connectivity index (χ4n) is 2.66. The second-order valence-corrected chi connectivity index (χ2v) is 8.79. The third-order valence-corrected chi connectivity index (χ3v) is 5.01. The Morgan fingerprint density at radius 3 is 1.88 bits per heavy atom. The van der Waals surface area contributed by atoms with Crippen LogP contribution in [0.4, 0.5) is 0 Å². The summed E-state index contributed by atoms with van der Waals surface area (Å²) in [4.78, 5) is 60.0. The first-order valence-corrected chi connectivity index (χ1v) is 11.5. The molecule has 0 heterocycles. The first-order chi connectivity index (χ1) is 14.8. The Bertz CT molecular complexity index is 674. The summed E-state index contributed by atoms with van der Waals surface area (Å²) in [7, 11) is 0. The Morgan fingerprint density at radius 2 is 1.44 bits per heavy atom. The summed E-state index contributed by atoms with van der Waals surface area (Å²) in [6.45, 7) is 4.75. The smallest absolute Gasteiger partial charge is 0.328 e. The van der Waals surface area contributed by atoms with Gasteiger partial charge >= 0.3 is 11.9 Å². The summed E-state index contributed by atoms with van der Waals surface area (Å²) >= 11 is 1.51. The van der Waals surface area contributed by atoms with Crippen LogP contribution in [0, 0.1) is 5.92 Å². The molecule has 0 rings (SSSR count). The van der Waals surface area contributed by atoms with Crippen molar-refractivity contribution in [1.82, 2.24) is 16.0 Å². The van der Waals surface area contributed by atoms with Gasteiger partial charge in [-0.05, 0) is 37.7 Å². The highest BCUT2D eigenvalue weighted by molar-refractivity contribution is 7.98. The van der Waals surface area contributed by atoms with Gasteiger partial charge in [-0.15, -0.1) is 0 Å². The van der Waals surface area contributed by atoms with Crippen molar-refractivity contribution in [1.29, 1.82) is 0 Å². The number of rotatable bonds is 15. The Balaban J connectivity index is 5.47. The van der Waals surface area contributed by atoms with E-state index in [9.17, 15) is 29.1 Å². The maximum Gasteiger partial charge on any atom is 0.328 e. The largest absolute Gasteiger partial charge is 0.481 e. The van der Waals surface area contributed by atoms with Gasteiger partial charge in [0.15, 0.2) is 6.04 Å². The number of thioether (sulfide) groups is 1. The fourth-order valence-corrected chi connectivity index (χ4v) is 3.15. The van der Waals surface area contributed by atoms with Gasteiger partial charge in [0.25, 0.3) is 0 Å². The SMILES string of the molecule is CSCCC(N)C(=O)NC(CC(C)C)C(=O)NC(CC(=O)O)C(=O)NC(C(=O)O)C(C)O. The van der Waals surface area contributed by atoms with Gasteiger partial charge in [0.1, 0.15) is 12.1 Å². The molecule has 0 bridgehead atoms. The topological polar surface area (TPSA) is 208 Å². The summed E-state index contributed by atoms with van der Waals surface area (Å²) in [6, 6.07) is -5.25. The Kier molecular flexibility index (Phi) is 13.5. The average Bonchev–Trinajstić information content (AvgIpc) is 2.67. The summed E-state index contributed by atoms with van der Waals surface area (Å²) in [5.41, 5.74) is 5.83. The molecule has 8 N–H and O–H groups in total. The number of aliphatic carboxylic acids is 2. The molecule has 0 aliphatic carbocycles. The molecular weight excluding hydrogens is 444 g/mol. The number of hydrogen-bond donors (Lipinski definition) is 7. The van der Waals surface area contributed by atoms with E-state index in [4.69, 9.17) is 15.9 Å². The van der Waals surface area contributed by atoms with E-state index >= 15 is 0 Å². The van der Waals surface area contributed by atoms with Crippen LogP contribution in [0.15, 0.2) is 0 Å². The van der Waals surface area contributed by atoms with Gasteiger partial charge in [-0.2, -0.15) is 11.8 Å². The third-order valence-electron chi connectivity index (χ3n) is 4.37. The second kappa shape index (κ2) is 14.6. The number of carboxylic acids is 2. The Morgan fingerprint density at radius 1 is 0.906 bits per heavy atom. The minimum atomic E-state index is -1.70. The molecule has 12 nitrogen and oxygen atoms in total. The molecule has 0 saturated heterocycles. The lowest BCUT2D eigenvalue weighted by Gasteiger charge is -2.26. The number of carboxylic acid groups (broad SMARTS) is 2. The summed E-state index contributed by atoms with van der Waals surface area (Å²) in [6.07, 6.45) is 0.148. The van der Waals surface area contributed by atoms with Gasteiger partial charge in [0.05, 0.1) is 18.6 Å². The maximum absolute atomic E-state index is 12.8. The molecule has 32 heavy (non-hydrogen) atoms. The van der Waals surface area contributed by atoms with Gasteiger partial charge in [0, 0.05) is 0 Å². The summed E-state index contributed by atoms with van der Waals surface area (Å²) in [5.74, 6) is -4.80. The predicted octanol–water partition coefficient (Wildman–Crippen LogP) is -1.49. The minimum Gasteiger partial charge on any atom is -0.481 e. The van der Waals surface area contributed by atoms with Crippen LogP contribution in [0.2, 0.25) is 0 Å². The maximum atomic E-state index is 12.8. The molecule has 0 aromatic heterocycles. The number of hydrogen-bond acceptors (Lipinski definition) is 8. The van der Waals surface area contributed by atoms with Crippen LogP contribution in [-0.2, 0) is 24.0 Å². The molecule has 0 aromatic carbocycles. The highest BCUT2D eigenvalue weighted by atomic mass is 32.2. The quantitative estimate of drug-likeness (QED) is 0.145. The molecule has 0 aromatic rings. The van der Waals surface area contributed by atoms with E-state index in [1.165, 1.54) is 11.8 Å². The zero-order chi connectivity index (χ0) is 25.0. The molecule has 5 atom stereocenters. The molecule has 184 valence electrons. The average molecular weight is 479 g/mol. The van der Waals surface area contributed by atoms with Crippen LogP contribution in [0.5, 0.6) is 0 Å². The highest BCUT2D eigenvalue weighted by Gasteiger charge is 2.33. The van der Waals surface area contributed by atoms with Crippen molar-refractivity contribution in [3.63, 3.8) is 0 Å². The van der Waals surface area contributed by atoms with E-state index in [1.54, 1.807) is 0 Å². The second-order valence-electron chi connectivity index (χ2n) is 7.80. The highest BCUT2D eigenvalue weighted by Crippen LogP contribution is 2.08. The van der Waals surface area contributed by atoms with Crippen molar-refractivity contribution in [2.24, 2.45) is 11.7 Å². The molecule has 5 unspecified atom stereocenters. The predicted molar refractivity (Wildman–Crippen MR) is 118 cm³/mol. The van der Waals surface area contributed by atoms with Crippen molar-refractivity contribution < 1.29 is 39.3 Å². The molecule has 3 amide bonds. The third kappa shape index (κ3) is 11.3. The molecule has 0 radical (unpaired) electrons. The monoisotopic (exact) mass is 478 g/mol. The van der Waals surface area contributed by atoms with E-state index in [0.717, 1.165) is 6.92 Å². The molecule has 0 spiro atoms. The molecule has 0 aliphatic heterocycles. The normalized spacial score (nSPS) is 15.7. The number of nitrogens with one attached hydrogen (secondary N) is 3. The molecule has 13 heteroatoms. The van der Waals surface area contributed by atoms with Crippen LogP contribution in [-0.4, -0.2) is 87.3 Å². The van der Waals surface area contributed by atoms with Gasteiger partial charge in [-0.25, -0.2) is 4.79 Å². The number of nitrogens with two attached hydrogens (primary N) is 1. The molecule has 0 fully saturated rings. The van der Waals surface area contributed by atoms with E-state index in [-0.39, 0.29) is 12.3 Å². The van der Waals surface area contributed by atoms with Crippen LogP contribution >= 0.6 is 11.8 Å². The van der Waals surface area contributed by atoms with Gasteiger partial charge < -0.3 is 37.0 Å². The Hall–Kier alpha value is -2.38. The first kappa shape index (κ1) is 29.6. The summed E-state index contributed by atoms with van der Waals surface area (Å²) in [5, 5.41) is 34.5. The number of aliphatic hydroxyl groups is 1. The lowest BCUT2D eigenvalue weighted by Crippen LogP contribution is -2.58. The van der Waals surface area contributed by atoms with Gasteiger partial charge in [0.2, 0.25) is 17.7 Å². The zero-order valence-corrected chi connectivity index (χ0v) is 19.5. The van der Waals surface area contributed by atoms with Gasteiger partial charge in [-0.1, -0.05) is 13.8 Å². The minimum absolute atomic E-state index is 0.0353. The van der Waals surface area contributed by atoms with Gasteiger partial charge in [-0.3, -0.25) is 19.2 Å². The first-order valence-electron chi connectivity index (χ1n) is 10.1. The standard InChI is InChI=1S/C19H34N4O8S/c1-9(2)7-12(21-16(27)11(20)5-6-32-4)17(28)22-13(8-14(25)26)18(29)23-15(10(3)24)19(30)31/h9-13,15,24H,5-8,20H2,1-4H3,(H,21,27)(H,22,28)(H,23,29)(H,25,26)(H,30,31). The number of carbonyl (C=O) groups excluding carboxylic acids is 3. The van der Waals surface area contributed by atoms with E-state index in [2.05, 4.69) is 10.6 Å². The number of aliphatic hydroxyl groups excluding tert-OH is 1. The fraction of sp³-hybridized carbons (Fsp3) is 0.737. The molecule has 0 aliphatic rings. The van der Waals surface area contributed by atoms with Crippen LogP contribution in [0.1, 0.15) is 40.0 Å². The summed E-state index contributed by atoms with van der Waals surface area (Å²) < 4.78 is 0. The van der Waals surface area contributed by atoms with Crippen LogP contribution in [0.25, 0.3) is 0 Å². The van der Waals surface area contributed by atoms with Crippen LogP contribution < -0.4 is 21.7 Å². The number of carbonyl (C=O) groups is 5. The van der Waals surface area contributed by atoms with E-state index in [1.807, 2.05) is 25.4 Å². The van der Waals surface area contributed by atoms with Crippen molar-refractivity contribution in [2.75, 3.05) is 12.0 Å². The van der Waals surface area contributed by atoms with Crippen molar-refractivity contribution in [3.8, 4) is 0 Å². The van der Waals surface area contributed by atoms with E-state index in [0.29, 0.717) is 12.2 Å². The van der Waals surface area contributed by atoms with Crippen molar-refractivity contribution in [2.45, 2.75) is 70.3 Å². The number of amides is 3. The van der Waals surface area contributed by atoms with Crippen molar-refractivity contribution >= 4 is 41.4 Å². The molecular formula is C19H34N4O8S. The Labute approximate surface area is 191 Å². The molecule has 0 saturated carbocycles. The lowest BCUT2D eigenvalue weighted by atomic mass is 10.0. The van der Waals surface area contributed by atoms with E-state index < -0.39 is 66.4 Å². The zero-order valence-electron chi connectivity index (χ0n) is 18.7.